The summed E-state index contributed by atoms with van der Waals surface area (Å²) in [5, 5.41) is 0. The fourth-order valence-electron chi connectivity index (χ4n) is 2.06. The summed E-state index contributed by atoms with van der Waals surface area (Å²) in [5.41, 5.74) is 5.65. The minimum atomic E-state index is 0.276. The van der Waals surface area contributed by atoms with E-state index in [4.69, 9.17) is 10.5 Å². The van der Waals surface area contributed by atoms with Gasteiger partial charge in [0.2, 0.25) is 0 Å². The van der Waals surface area contributed by atoms with Gasteiger partial charge in [-0.1, -0.05) is 106 Å². The number of hydrogen-bond donors (Lipinski definition) is 1. The van der Waals surface area contributed by atoms with E-state index in [1.54, 1.807) is 0 Å². The van der Waals surface area contributed by atoms with E-state index in [0.29, 0.717) is 0 Å². The van der Waals surface area contributed by atoms with Crippen molar-refractivity contribution in [2.24, 2.45) is 5.73 Å². The van der Waals surface area contributed by atoms with Crippen LogP contribution in [0.2, 0.25) is 0 Å². The van der Waals surface area contributed by atoms with Crippen molar-refractivity contribution in [2.45, 2.75) is 132 Å². The summed E-state index contributed by atoms with van der Waals surface area (Å²) in [4.78, 5) is 0. The lowest BCUT2D eigenvalue weighted by Crippen LogP contribution is -2.17. The molecule has 0 saturated heterocycles. The summed E-state index contributed by atoms with van der Waals surface area (Å²) < 4.78 is 5.54. The van der Waals surface area contributed by atoms with Crippen LogP contribution in [0.1, 0.15) is 126 Å². The van der Waals surface area contributed by atoms with Gasteiger partial charge < -0.3 is 10.5 Å². The van der Waals surface area contributed by atoms with Crippen molar-refractivity contribution in [3.05, 3.63) is 0 Å². The largest absolute Gasteiger partial charge is 0.381 e. The normalized spacial score (nSPS) is 10.4. The zero-order valence-corrected chi connectivity index (χ0v) is 18.8. The standard InChI is InChI=1S/C16H35NO.3C2H6/c1-3-4-5-6-7-8-9-10-11-12-14-18-15-13-16(2)17;3*1-2/h16H,3-15,17H2,1-2H3;3*1-2H3. The molecule has 0 aliphatic rings. The lowest BCUT2D eigenvalue weighted by Gasteiger charge is -2.06. The average Bonchev–Trinajstić information content (AvgIpc) is 2.64. The molecule has 0 aromatic carbocycles. The van der Waals surface area contributed by atoms with Gasteiger partial charge in [-0.15, -0.1) is 0 Å². The maximum atomic E-state index is 5.65. The minimum absolute atomic E-state index is 0.276. The molecule has 2 nitrogen and oxygen atoms in total. The van der Waals surface area contributed by atoms with Gasteiger partial charge in [-0.05, 0) is 19.8 Å². The molecule has 152 valence electrons. The molecule has 0 bridgehead atoms. The SMILES string of the molecule is CC.CC.CC.CCCCCCCCCCCCOCCC(C)N. The van der Waals surface area contributed by atoms with Crippen LogP contribution >= 0.6 is 0 Å². The van der Waals surface area contributed by atoms with E-state index in [0.717, 1.165) is 19.6 Å². The zero-order chi connectivity index (χ0) is 19.5. The van der Waals surface area contributed by atoms with Crippen LogP contribution in [0.25, 0.3) is 0 Å². The van der Waals surface area contributed by atoms with Crippen LogP contribution in [0.3, 0.4) is 0 Å². The number of ether oxygens (including phenoxy) is 1. The van der Waals surface area contributed by atoms with Gasteiger partial charge in [0.05, 0.1) is 0 Å². The van der Waals surface area contributed by atoms with Gasteiger partial charge in [0.1, 0.15) is 0 Å². The highest BCUT2D eigenvalue weighted by atomic mass is 16.5. The van der Waals surface area contributed by atoms with Gasteiger partial charge in [0.25, 0.3) is 0 Å². The Morgan fingerprint density at radius 2 is 1.00 bits per heavy atom. The Labute approximate surface area is 156 Å². The van der Waals surface area contributed by atoms with E-state index in [1.165, 1.54) is 64.2 Å². The topological polar surface area (TPSA) is 35.2 Å². The molecule has 1 unspecified atom stereocenters. The van der Waals surface area contributed by atoms with Crippen LogP contribution in [0.4, 0.5) is 0 Å². The van der Waals surface area contributed by atoms with Crippen molar-refractivity contribution < 1.29 is 4.74 Å². The molecular weight excluding hydrogens is 294 g/mol. The van der Waals surface area contributed by atoms with Crippen molar-refractivity contribution in [1.82, 2.24) is 0 Å². The van der Waals surface area contributed by atoms with E-state index in [2.05, 4.69) is 6.92 Å². The molecule has 0 heterocycles. The quantitative estimate of drug-likeness (QED) is 0.326. The Morgan fingerprint density at radius 3 is 1.38 bits per heavy atom. The summed E-state index contributed by atoms with van der Waals surface area (Å²) in [5.74, 6) is 0. The van der Waals surface area contributed by atoms with Crippen molar-refractivity contribution in [3.8, 4) is 0 Å². The molecule has 1 atom stereocenters. The Bertz CT molecular complexity index is 149. The molecule has 0 aromatic rings. The van der Waals surface area contributed by atoms with Gasteiger partial charge >= 0.3 is 0 Å². The molecule has 0 radical (unpaired) electrons. The first-order valence-corrected chi connectivity index (χ1v) is 11.1. The molecule has 0 rings (SSSR count). The molecule has 2 heteroatoms. The monoisotopic (exact) mass is 347 g/mol. The molecule has 0 fully saturated rings. The number of rotatable bonds is 14. The second-order valence-corrected chi connectivity index (χ2v) is 5.56. The Balaban J connectivity index is -0.000000297. The number of nitrogens with two attached hydrogens (primary N) is 1. The van der Waals surface area contributed by atoms with Crippen molar-refractivity contribution in [1.29, 1.82) is 0 Å². The van der Waals surface area contributed by atoms with E-state index in [-0.39, 0.29) is 6.04 Å². The maximum Gasteiger partial charge on any atom is 0.0480 e. The van der Waals surface area contributed by atoms with Gasteiger partial charge in [-0.25, -0.2) is 0 Å². The second-order valence-electron chi connectivity index (χ2n) is 5.56. The van der Waals surface area contributed by atoms with Crippen molar-refractivity contribution in [2.75, 3.05) is 13.2 Å². The van der Waals surface area contributed by atoms with Gasteiger partial charge in [-0.3, -0.25) is 0 Å². The maximum absolute atomic E-state index is 5.65. The summed E-state index contributed by atoms with van der Waals surface area (Å²) in [6.45, 7) is 18.1. The molecule has 0 spiro atoms. The van der Waals surface area contributed by atoms with Crippen LogP contribution < -0.4 is 5.73 Å². The lowest BCUT2D eigenvalue weighted by molar-refractivity contribution is 0.124. The van der Waals surface area contributed by atoms with Crippen LogP contribution in [0.15, 0.2) is 0 Å². The Morgan fingerprint density at radius 1 is 0.625 bits per heavy atom. The smallest absolute Gasteiger partial charge is 0.0480 e. The van der Waals surface area contributed by atoms with E-state index in [1.807, 2.05) is 48.5 Å². The molecule has 0 aliphatic heterocycles. The van der Waals surface area contributed by atoms with Crippen molar-refractivity contribution in [3.63, 3.8) is 0 Å². The third-order valence-electron chi connectivity index (χ3n) is 3.36. The molecular formula is C22H53NO. The molecule has 0 amide bonds. The molecule has 0 saturated carbocycles. The summed E-state index contributed by atoms with van der Waals surface area (Å²) in [6, 6.07) is 0.276. The molecule has 2 N–H and O–H groups in total. The predicted molar refractivity (Wildman–Crippen MR) is 115 cm³/mol. The van der Waals surface area contributed by atoms with Crippen LogP contribution in [0, 0.1) is 0 Å². The second kappa shape index (κ2) is 38.5. The number of hydrogen-bond acceptors (Lipinski definition) is 2. The fraction of sp³-hybridized carbons (Fsp3) is 1.00. The first kappa shape index (κ1) is 31.7. The van der Waals surface area contributed by atoms with Gasteiger partial charge in [-0.2, -0.15) is 0 Å². The first-order valence-electron chi connectivity index (χ1n) is 11.1. The van der Waals surface area contributed by atoms with Crippen LogP contribution in [0.5, 0.6) is 0 Å². The number of unbranched alkanes of at least 4 members (excludes halogenated alkanes) is 9. The average molecular weight is 348 g/mol. The highest BCUT2D eigenvalue weighted by molar-refractivity contribution is 4.51. The van der Waals surface area contributed by atoms with E-state index >= 15 is 0 Å². The summed E-state index contributed by atoms with van der Waals surface area (Å²) in [7, 11) is 0. The van der Waals surface area contributed by atoms with E-state index in [9.17, 15) is 0 Å². The van der Waals surface area contributed by atoms with Crippen molar-refractivity contribution >= 4 is 0 Å². The highest BCUT2D eigenvalue weighted by Crippen LogP contribution is 2.10. The molecule has 0 aliphatic carbocycles. The predicted octanol–water partition coefficient (Wildman–Crippen LogP) is 7.74. The molecule has 0 aromatic heterocycles. The zero-order valence-electron chi connectivity index (χ0n) is 18.8. The third kappa shape index (κ3) is 43.1. The fourth-order valence-corrected chi connectivity index (χ4v) is 2.06. The third-order valence-corrected chi connectivity index (χ3v) is 3.36. The molecule has 24 heavy (non-hydrogen) atoms. The summed E-state index contributed by atoms with van der Waals surface area (Å²) in [6.07, 6.45) is 14.8. The summed E-state index contributed by atoms with van der Waals surface area (Å²) >= 11 is 0. The van der Waals surface area contributed by atoms with Crippen LogP contribution in [-0.2, 0) is 4.74 Å². The first-order chi connectivity index (χ1) is 11.8. The lowest BCUT2D eigenvalue weighted by atomic mass is 10.1. The van der Waals surface area contributed by atoms with Gasteiger partial charge in [0.15, 0.2) is 0 Å². The highest BCUT2D eigenvalue weighted by Gasteiger charge is 1.95. The van der Waals surface area contributed by atoms with Gasteiger partial charge in [0, 0.05) is 19.3 Å². The Kier molecular flexibility index (Phi) is 50.8. The van der Waals surface area contributed by atoms with E-state index < -0.39 is 0 Å². The van der Waals surface area contributed by atoms with Crippen LogP contribution in [-0.4, -0.2) is 19.3 Å². The minimum Gasteiger partial charge on any atom is -0.381 e. The Hall–Kier alpha value is -0.0800.